The molecule has 24 heavy (non-hydrogen) atoms. The lowest BCUT2D eigenvalue weighted by Gasteiger charge is -2.17. The summed E-state index contributed by atoms with van der Waals surface area (Å²) in [5.74, 6) is 0.0259. The van der Waals surface area contributed by atoms with Crippen LogP contribution in [0.1, 0.15) is 17.5 Å². The highest BCUT2D eigenvalue weighted by atomic mass is 16.2. The number of hydrogen-bond acceptors (Lipinski definition) is 2. The minimum Gasteiger partial charge on any atom is -0.333 e. The summed E-state index contributed by atoms with van der Waals surface area (Å²) in [6, 6.07) is 14.9. The largest absolute Gasteiger partial charge is 0.333 e. The lowest BCUT2D eigenvalue weighted by molar-refractivity contribution is -0.117. The highest BCUT2D eigenvalue weighted by molar-refractivity contribution is 5.97. The quantitative estimate of drug-likeness (QED) is 0.911. The van der Waals surface area contributed by atoms with E-state index in [1.807, 2.05) is 62.4 Å². The van der Waals surface area contributed by atoms with E-state index >= 15 is 0 Å². The van der Waals surface area contributed by atoms with Crippen molar-refractivity contribution in [2.24, 2.45) is 0 Å². The highest BCUT2D eigenvalue weighted by Crippen LogP contribution is 2.21. The summed E-state index contributed by atoms with van der Waals surface area (Å²) in [5.41, 5.74) is 3.81. The van der Waals surface area contributed by atoms with E-state index in [9.17, 15) is 9.59 Å². The van der Waals surface area contributed by atoms with Gasteiger partial charge in [-0.15, -0.1) is 0 Å². The molecule has 0 spiro atoms. The number of carbonyl (C=O) groups excluding carboxylic acids is 2. The number of amides is 3. The number of para-hydroxylation sites is 1. The fraction of sp³-hybridized carbons (Fsp3) is 0.263. The number of hydrogen-bond donors (Lipinski definition) is 2. The molecule has 0 unspecified atom stereocenters. The minimum atomic E-state index is -0.283. The molecule has 2 aromatic carbocycles. The second kappa shape index (κ2) is 6.74. The molecule has 3 amide bonds. The molecule has 1 atom stereocenters. The average molecular weight is 323 g/mol. The average Bonchev–Trinajstić information content (AvgIpc) is 2.91. The minimum absolute atomic E-state index is 0.0259. The van der Waals surface area contributed by atoms with Crippen molar-refractivity contribution >= 4 is 23.3 Å². The smallest absolute Gasteiger partial charge is 0.319 e. The van der Waals surface area contributed by atoms with Crippen LogP contribution in [0.5, 0.6) is 0 Å². The van der Waals surface area contributed by atoms with Crippen LogP contribution in [0.4, 0.5) is 16.2 Å². The first kappa shape index (κ1) is 16.1. The summed E-state index contributed by atoms with van der Waals surface area (Å²) in [7, 11) is 0. The SMILES string of the molecule is Cc1ccc(NC(=O)N[C@@H]2CC(=O)N(c3ccccc3)C2)c(C)c1. The number of urea groups is 1. The van der Waals surface area contributed by atoms with E-state index in [1.165, 1.54) is 0 Å². The predicted molar refractivity (Wildman–Crippen MR) is 95.3 cm³/mol. The maximum Gasteiger partial charge on any atom is 0.319 e. The maximum absolute atomic E-state index is 12.2. The molecule has 5 nitrogen and oxygen atoms in total. The Morgan fingerprint density at radius 3 is 2.58 bits per heavy atom. The molecule has 0 aliphatic carbocycles. The van der Waals surface area contributed by atoms with Crippen LogP contribution in [-0.2, 0) is 4.79 Å². The van der Waals surface area contributed by atoms with Gasteiger partial charge in [0.1, 0.15) is 0 Å². The van der Waals surface area contributed by atoms with Crippen LogP contribution in [0.25, 0.3) is 0 Å². The van der Waals surface area contributed by atoms with Gasteiger partial charge < -0.3 is 15.5 Å². The van der Waals surface area contributed by atoms with Crippen LogP contribution in [0.2, 0.25) is 0 Å². The summed E-state index contributed by atoms with van der Waals surface area (Å²) >= 11 is 0. The van der Waals surface area contributed by atoms with Crippen molar-refractivity contribution in [3.63, 3.8) is 0 Å². The fourth-order valence-electron chi connectivity index (χ4n) is 2.96. The summed E-state index contributed by atoms with van der Waals surface area (Å²) in [6.07, 6.45) is 0.315. The highest BCUT2D eigenvalue weighted by Gasteiger charge is 2.31. The number of carbonyl (C=O) groups is 2. The Balaban J connectivity index is 1.60. The van der Waals surface area contributed by atoms with Gasteiger partial charge in [0.25, 0.3) is 0 Å². The van der Waals surface area contributed by atoms with E-state index in [1.54, 1.807) is 4.90 Å². The number of aryl methyl sites for hydroxylation is 2. The van der Waals surface area contributed by atoms with Gasteiger partial charge in [0, 0.05) is 24.3 Å². The first-order valence-corrected chi connectivity index (χ1v) is 8.03. The summed E-state index contributed by atoms with van der Waals surface area (Å²) in [6.45, 7) is 4.46. The molecule has 0 bridgehead atoms. The number of rotatable bonds is 3. The molecular formula is C19H21N3O2. The van der Waals surface area contributed by atoms with Crippen molar-refractivity contribution in [1.29, 1.82) is 0 Å². The predicted octanol–water partition coefficient (Wildman–Crippen LogP) is 3.23. The van der Waals surface area contributed by atoms with Crippen molar-refractivity contribution in [3.05, 3.63) is 59.7 Å². The molecule has 0 aromatic heterocycles. The van der Waals surface area contributed by atoms with Gasteiger partial charge in [-0.25, -0.2) is 4.79 Å². The molecule has 0 radical (unpaired) electrons. The van der Waals surface area contributed by atoms with Gasteiger partial charge in [-0.05, 0) is 37.6 Å². The maximum atomic E-state index is 12.2. The third-order valence-corrected chi connectivity index (χ3v) is 4.16. The van der Waals surface area contributed by atoms with Gasteiger partial charge in [0.15, 0.2) is 0 Å². The van der Waals surface area contributed by atoms with Gasteiger partial charge in [-0.3, -0.25) is 4.79 Å². The normalized spacial score (nSPS) is 17.0. The fourth-order valence-corrected chi connectivity index (χ4v) is 2.96. The Morgan fingerprint density at radius 1 is 1.12 bits per heavy atom. The van der Waals surface area contributed by atoms with Crippen LogP contribution < -0.4 is 15.5 Å². The second-order valence-corrected chi connectivity index (χ2v) is 6.16. The summed E-state index contributed by atoms with van der Waals surface area (Å²) < 4.78 is 0. The zero-order valence-corrected chi connectivity index (χ0v) is 13.9. The standard InChI is InChI=1S/C19H21N3O2/c1-13-8-9-17(14(2)10-13)21-19(24)20-15-11-18(23)22(12-15)16-6-4-3-5-7-16/h3-10,15H,11-12H2,1-2H3,(H2,20,21,24)/t15-/m1/s1. The lowest BCUT2D eigenvalue weighted by Crippen LogP contribution is -2.39. The van der Waals surface area contributed by atoms with Crippen molar-refractivity contribution in [2.75, 3.05) is 16.8 Å². The van der Waals surface area contributed by atoms with E-state index in [2.05, 4.69) is 10.6 Å². The monoisotopic (exact) mass is 323 g/mol. The van der Waals surface area contributed by atoms with Crippen LogP contribution >= 0.6 is 0 Å². The zero-order valence-electron chi connectivity index (χ0n) is 13.9. The molecule has 1 fully saturated rings. The molecule has 5 heteroatoms. The van der Waals surface area contributed by atoms with Gasteiger partial charge in [-0.2, -0.15) is 0 Å². The lowest BCUT2D eigenvalue weighted by atomic mass is 10.1. The van der Waals surface area contributed by atoms with Crippen LogP contribution in [0.3, 0.4) is 0 Å². The summed E-state index contributed by atoms with van der Waals surface area (Å²) in [4.78, 5) is 26.1. The number of anilines is 2. The van der Waals surface area contributed by atoms with Gasteiger partial charge >= 0.3 is 6.03 Å². The topological polar surface area (TPSA) is 61.4 Å². The number of nitrogens with one attached hydrogen (secondary N) is 2. The first-order valence-electron chi connectivity index (χ1n) is 8.03. The molecular weight excluding hydrogens is 302 g/mol. The first-order chi connectivity index (χ1) is 11.5. The molecule has 1 aliphatic heterocycles. The number of benzene rings is 2. The molecule has 2 N–H and O–H groups in total. The zero-order chi connectivity index (χ0) is 17.1. The second-order valence-electron chi connectivity index (χ2n) is 6.16. The molecule has 3 rings (SSSR count). The Hall–Kier alpha value is -2.82. The molecule has 1 heterocycles. The summed E-state index contributed by atoms with van der Waals surface area (Å²) in [5, 5.41) is 5.74. The third-order valence-electron chi connectivity index (χ3n) is 4.16. The Bertz CT molecular complexity index is 758. The van der Waals surface area contributed by atoms with Gasteiger partial charge in [0.2, 0.25) is 5.91 Å². The Labute approximate surface area is 141 Å². The molecule has 1 aliphatic rings. The van der Waals surface area contributed by atoms with Crippen LogP contribution in [0, 0.1) is 13.8 Å². The van der Waals surface area contributed by atoms with Crippen LogP contribution in [-0.4, -0.2) is 24.5 Å². The van der Waals surface area contributed by atoms with Crippen molar-refractivity contribution < 1.29 is 9.59 Å². The Morgan fingerprint density at radius 2 is 1.88 bits per heavy atom. The van der Waals surface area contributed by atoms with E-state index in [0.29, 0.717) is 13.0 Å². The van der Waals surface area contributed by atoms with Crippen molar-refractivity contribution in [2.45, 2.75) is 26.3 Å². The Kier molecular flexibility index (Phi) is 4.51. The van der Waals surface area contributed by atoms with Crippen molar-refractivity contribution in [1.82, 2.24) is 5.32 Å². The van der Waals surface area contributed by atoms with Gasteiger partial charge in [0.05, 0.1) is 6.04 Å². The van der Waals surface area contributed by atoms with Crippen LogP contribution in [0.15, 0.2) is 48.5 Å². The molecule has 124 valence electrons. The number of nitrogens with zero attached hydrogens (tertiary/aromatic N) is 1. The van der Waals surface area contributed by atoms with E-state index < -0.39 is 0 Å². The van der Waals surface area contributed by atoms with Crippen molar-refractivity contribution in [3.8, 4) is 0 Å². The third kappa shape index (κ3) is 3.56. The molecule has 0 saturated carbocycles. The van der Waals surface area contributed by atoms with E-state index in [-0.39, 0.29) is 18.0 Å². The van der Waals surface area contributed by atoms with E-state index in [4.69, 9.17) is 0 Å². The van der Waals surface area contributed by atoms with Gasteiger partial charge in [-0.1, -0.05) is 35.9 Å². The molecule has 1 saturated heterocycles. The van der Waals surface area contributed by atoms with E-state index in [0.717, 1.165) is 22.5 Å². The molecule has 2 aromatic rings.